The van der Waals surface area contributed by atoms with Gasteiger partial charge in [-0.1, -0.05) is 149 Å². The molecule has 0 bridgehead atoms. The number of furan rings is 1. The molecule has 0 saturated heterocycles. The van der Waals surface area contributed by atoms with Crippen molar-refractivity contribution < 1.29 is 4.42 Å². The van der Waals surface area contributed by atoms with Crippen LogP contribution in [0.5, 0.6) is 0 Å². The molecule has 0 atom stereocenters. The summed E-state index contributed by atoms with van der Waals surface area (Å²) in [7, 11) is 0. The maximum Gasteiger partial charge on any atom is 0.333 e. The normalized spacial score (nSPS) is 15.2. The highest BCUT2D eigenvalue weighted by Crippen LogP contribution is 2.55. The zero-order chi connectivity index (χ0) is 42.3. The van der Waals surface area contributed by atoms with Crippen LogP contribution < -0.4 is 15.7 Å². The summed E-state index contributed by atoms with van der Waals surface area (Å²) >= 11 is 0. The minimum absolute atomic E-state index is 0.0292. The average Bonchev–Trinajstić information content (AvgIpc) is 3.84. The van der Waals surface area contributed by atoms with Gasteiger partial charge in [-0.2, -0.15) is 0 Å². The summed E-state index contributed by atoms with van der Waals surface area (Å²) in [6, 6.07) is 47.1. The zero-order valence-corrected chi connectivity index (χ0v) is 37.4. The van der Waals surface area contributed by atoms with Crippen LogP contribution in [0.2, 0.25) is 0 Å². The Bertz CT molecular complexity index is 3390. The zero-order valence-electron chi connectivity index (χ0n) is 37.4. The fourth-order valence-corrected chi connectivity index (χ4v) is 11.3. The monoisotopic (exact) mass is 792 g/mol. The Morgan fingerprint density at radius 1 is 0.508 bits per heavy atom. The molecule has 0 N–H and O–H groups in total. The van der Waals surface area contributed by atoms with E-state index in [9.17, 15) is 0 Å². The molecule has 2 aromatic heterocycles. The van der Waals surface area contributed by atoms with E-state index >= 15 is 0 Å². The number of hydrogen-bond donors (Lipinski definition) is 0. The van der Waals surface area contributed by atoms with Gasteiger partial charge < -0.3 is 13.8 Å². The summed E-state index contributed by atoms with van der Waals surface area (Å²) < 4.78 is 9.14. The molecule has 61 heavy (non-hydrogen) atoms. The van der Waals surface area contributed by atoms with E-state index in [4.69, 9.17) is 4.42 Å². The molecule has 1 aliphatic carbocycles. The molecule has 300 valence electrons. The molecule has 2 aliphatic heterocycles. The summed E-state index contributed by atoms with van der Waals surface area (Å²) in [6.07, 6.45) is 0. The number of benzene rings is 7. The van der Waals surface area contributed by atoms with Crippen LogP contribution in [-0.2, 0) is 21.7 Å². The topological polar surface area (TPSA) is 21.3 Å². The molecule has 0 amide bonds. The predicted octanol–water partition coefficient (Wildman–Crippen LogP) is 14.1. The minimum Gasteiger partial charge on any atom is -0.456 e. The molecular formula is C57H53BN2O. The third kappa shape index (κ3) is 4.88. The number of para-hydroxylation sites is 1. The first kappa shape index (κ1) is 36.8. The predicted molar refractivity (Wildman–Crippen MR) is 261 cm³/mol. The van der Waals surface area contributed by atoms with E-state index in [0.29, 0.717) is 0 Å². The second kappa shape index (κ2) is 11.7. The largest absolute Gasteiger partial charge is 0.456 e. The van der Waals surface area contributed by atoms with Crippen LogP contribution in [-0.4, -0.2) is 11.4 Å². The van der Waals surface area contributed by atoms with Gasteiger partial charge in [0.2, 0.25) is 0 Å². The van der Waals surface area contributed by atoms with Crippen molar-refractivity contribution in [2.24, 2.45) is 0 Å². The molecule has 4 heteroatoms. The lowest BCUT2D eigenvalue weighted by Crippen LogP contribution is -2.60. The van der Waals surface area contributed by atoms with Crippen molar-refractivity contribution in [2.45, 2.75) is 97.8 Å². The Morgan fingerprint density at radius 3 is 1.90 bits per heavy atom. The highest BCUT2D eigenvalue weighted by atomic mass is 16.3. The molecule has 0 spiro atoms. The fraction of sp³-hybridized carbons (Fsp3) is 0.263. The standard InChI is InChI=1S/C57H53BN2O/c1-54(2,3)32-16-20-35(21-17-32)60-47-31-40-36-22-18-33(55(4,5)6)28-42(36)57(10,11)43(40)30-41(47)37-23-24-39-50-46(26-27-49-51(50)38-14-12-13-15-48(38)61-49)59-45-25-19-34(56(7,8)9)29-44(45)58(60)52(37)53(39)59/h12-31H,1-11H3. The number of nitrogens with zero attached hydrogens (tertiary/aromatic N) is 2. The van der Waals surface area contributed by atoms with Crippen LogP contribution in [0.15, 0.2) is 126 Å². The average molecular weight is 793 g/mol. The van der Waals surface area contributed by atoms with Gasteiger partial charge in [0.25, 0.3) is 0 Å². The van der Waals surface area contributed by atoms with E-state index in [-0.39, 0.29) is 28.5 Å². The molecule has 12 rings (SSSR count). The van der Waals surface area contributed by atoms with Gasteiger partial charge in [0.1, 0.15) is 11.2 Å². The SMILES string of the molecule is CC(C)(C)c1ccc(N2B3c4cc(C(C)(C)C)ccc4-n4c5ccc6oc7ccccc7c6c5c5ccc(c3c54)-c3cc4c(cc32)-c2ccc(C(C)(C)C)cc2C4(C)C)cc1. The molecule has 0 saturated carbocycles. The lowest BCUT2D eigenvalue weighted by Gasteiger charge is -2.43. The van der Waals surface area contributed by atoms with Crippen molar-refractivity contribution in [3.8, 4) is 27.9 Å². The first-order chi connectivity index (χ1) is 28.9. The van der Waals surface area contributed by atoms with Crippen molar-refractivity contribution in [1.29, 1.82) is 0 Å². The number of aromatic nitrogens is 1. The lowest BCUT2D eigenvalue weighted by atomic mass is 9.43. The van der Waals surface area contributed by atoms with Crippen molar-refractivity contribution >= 4 is 72.9 Å². The van der Waals surface area contributed by atoms with Gasteiger partial charge in [0.05, 0.1) is 11.0 Å². The van der Waals surface area contributed by atoms with Crippen LogP contribution in [0.1, 0.15) is 104 Å². The van der Waals surface area contributed by atoms with Crippen LogP contribution >= 0.6 is 0 Å². The minimum atomic E-state index is -0.157. The van der Waals surface area contributed by atoms with Crippen LogP contribution in [0, 0.1) is 0 Å². The maximum absolute atomic E-state index is 6.55. The van der Waals surface area contributed by atoms with E-state index in [2.05, 4.69) is 207 Å². The second-order valence-electron chi connectivity index (χ2n) is 21.8. The first-order valence-electron chi connectivity index (χ1n) is 22.2. The molecule has 9 aromatic rings. The first-order valence-corrected chi connectivity index (χ1v) is 22.2. The summed E-state index contributed by atoms with van der Waals surface area (Å²) in [5.74, 6) is 0. The number of rotatable bonds is 1. The number of hydrogen-bond acceptors (Lipinski definition) is 2. The summed E-state index contributed by atoms with van der Waals surface area (Å²) in [4.78, 5) is 2.70. The molecule has 0 fully saturated rings. The van der Waals surface area contributed by atoms with Gasteiger partial charge in [-0.25, -0.2) is 0 Å². The molecule has 3 nitrogen and oxygen atoms in total. The lowest BCUT2D eigenvalue weighted by molar-refractivity contribution is 0.584. The van der Waals surface area contributed by atoms with Gasteiger partial charge in [-0.3, -0.25) is 0 Å². The van der Waals surface area contributed by atoms with E-state index in [0.717, 1.165) is 16.6 Å². The third-order valence-electron chi connectivity index (χ3n) is 14.7. The molecule has 0 radical (unpaired) electrons. The van der Waals surface area contributed by atoms with Crippen LogP contribution in [0.25, 0.3) is 71.7 Å². The van der Waals surface area contributed by atoms with E-state index in [1.807, 2.05) is 0 Å². The number of anilines is 2. The molecule has 3 aliphatic rings. The van der Waals surface area contributed by atoms with Crippen molar-refractivity contribution in [2.75, 3.05) is 4.81 Å². The Hall–Kier alpha value is -6.00. The fourth-order valence-electron chi connectivity index (χ4n) is 11.3. The molecular weight excluding hydrogens is 739 g/mol. The van der Waals surface area contributed by atoms with Crippen molar-refractivity contribution in [3.05, 3.63) is 149 Å². The van der Waals surface area contributed by atoms with Gasteiger partial charge in [-0.15, -0.1) is 0 Å². The highest BCUT2D eigenvalue weighted by molar-refractivity contribution is 6.93. The van der Waals surface area contributed by atoms with Gasteiger partial charge in [0.15, 0.2) is 0 Å². The van der Waals surface area contributed by atoms with Crippen molar-refractivity contribution in [3.63, 3.8) is 0 Å². The van der Waals surface area contributed by atoms with Crippen molar-refractivity contribution in [1.82, 2.24) is 4.57 Å². The smallest absolute Gasteiger partial charge is 0.333 e. The molecule has 4 heterocycles. The number of fused-ring (bicyclic) bond motifs is 15. The second-order valence-corrected chi connectivity index (χ2v) is 21.8. The Kier molecular flexibility index (Phi) is 7.05. The Labute approximate surface area is 360 Å². The summed E-state index contributed by atoms with van der Waals surface area (Å²) in [5, 5.41) is 4.90. The van der Waals surface area contributed by atoms with Gasteiger partial charge >= 0.3 is 6.85 Å². The van der Waals surface area contributed by atoms with Gasteiger partial charge in [0, 0.05) is 49.6 Å². The van der Waals surface area contributed by atoms with E-state index in [1.165, 1.54) is 105 Å². The van der Waals surface area contributed by atoms with E-state index < -0.39 is 0 Å². The maximum atomic E-state index is 6.55. The van der Waals surface area contributed by atoms with E-state index in [1.54, 1.807) is 0 Å². The molecule has 7 aromatic carbocycles. The van der Waals surface area contributed by atoms with Crippen LogP contribution in [0.4, 0.5) is 11.4 Å². The Morgan fingerprint density at radius 2 is 1.16 bits per heavy atom. The highest BCUT2D eigenvalue weighted by Gasteiger charge is 2.46. The quantitative estimate of drug-likeness (QED) is 0.154. The third-order valence-corrected chi connectivity index (χ3v) is 14.7. The molecule has 0 unspecified atom stereocenters. The summed E-state index contributed by atoms with van der Waals surface area (Å²) in [6.45, 7) is 25.7. The van der Waals surface area contributed by atoms with Crippen LogP contribution in [0.3, 0.4) is 0 Å². The summed E-state index contributed by atoms with van der Waals surface area (Å²) in [5.41, 5.74) is 23.0. The van der Waals surface area contributed by atoms with Gasteiger partial charge in [-0.05, 0) is 120 Å². The Balaban J connectivity index is 1.24.